The SMILES string of the molecule is CC(C)(C)c1c(N)nnn1C1CCCOC1. The number of nitrogens with two attached hydrogens (primary N) is 1. The van der Waals surface area contributed by atoms with Gasteiger partial charge in [-0.15, -0.1) is 5.10 Å². The Morgan fingerprint density at radius 2 is 2.19 bits per heavy atom. The number of anilines is 1. The van der Waals surface area contributed by atoms with E-state index in [1.165, 1.54) is 0 Å². The van der Waals surface area contributed by atoms with Gasteiger partial charge in [0.1, 0.15) is 0 Å². The number of rotatable bonds is 1. The minimum absolute atomic E-state index is 0.0367. The lowest BCUT2D eigenvalue weighted by molar-refractivity contribution is 0.0523. The predicted octanol–water partition coefficient (Wildman–Crippen LogP) is 1.51. The molecule has 1 fully saturated rings. The Bertz CT molecular complexity index is 361. The van der Waals surface area contributed by atoms with E-state index in [4.69, 9.17) is 10.5 Å². The van der Waals surface area contributed by atoms with Crippen molar-refractivity contribution in [2.45, 2.75) is 45.1 Å². The van der Waals surface area contributed by atoms with Crippen LogP contribution in [0.4, 0.5) is 5.82 Å². The molecule has 0 bridgehead atoms. The van der Waals surface area contributed by atoms with E-state index in [0.717, 1.165) is 25.1 Å². The fourth-order valence-corrected chi connectivity index (χ4v) is 2.21. The molecule has 0 saturated carbocycles. The van der Waals surface area contributed by atoms with Crippen LogP contribution in [0.2, 0.25) is 0 Å². The van der Waals surface area contributed by atoms with Crippen molar-refractivity contribution < 1.29 is 4.74 Å². The summed E-state index contributed by atoms with van der Waals surface area (Å²) in [5.74, 6) is 0.540. The zero-order valence-corrected chi connectivity index (χ0v) is 10.2. The topological polar surface area (TPSA) is 66.0 Å². The molecule has 1 aromatic heterocycles. The van der Waals surface area contributed by atoms with Gasteiger partial charge in [-0.05, 0) is 12.8 Å². The molecule has 5 nitrogen and oxygen atoms in total. The number of nitrogen functional groups attached to an aromatic ring is 1. The molecule has 5 heteroatoms. The van der Waals surface area contributed by atoms with Gasteiger partial charge in [0.25, 0.3) is 0 Å². The fourth-order valence-electron chi connectivity index (χ4n) is 2.21. The van der Waals surface area contributed by atoms with Gasteiger partial charge in [0.05, 0.1) is 18.3 Å². The third-order valence-electron chi connectivity index (χ3n) is 2.91. The third-order valence-corrected chi connectivity index (χ3v) is 2.91. The second-order valence-corrected chi connectivity index (χ2v) is 5.39. The second-order valence-electron chi connectivity index (χ2n) is 5.39. The van der Waals surface area contributed by atoms with Crippen molar-refractivity contribution in [1.82, 2.24) is 15.0 Å². The fraction of sp³-hybridized carbons (Fsp3) is 0.818. The molecule has 16 heavy (non-hydrogen) atoms. The Balaban J connectivity index is 2.33. The van der Waals surface area contributed by atoms with Crippen molar-refractivity contribution in [3.05, 3.63) is 5.69 Å². The standard InChI is InChI=1S/C11H20N4O/c1-11(2,3)9-10(12)13-14-15(9)8-5-4-6-16-7-8/h8H,4-7,12H2,1-3H3. The van der Waals surface area contributed by atoms with Gasteiger partial charge in [0.2, 0.25) is 0 Å². The van der Waals surface area contributed by atoms with Crippen molar-refractivity contribution in [1.29, 1.82) is 0 Å². The molecule has 1 atom stereocenters. The lowest BCUT2D eigenvalue weighted by Gasteiger charge is -2.27. The Morgan fingerprint density at radius 3 is 2.75 bits per heavy atom. The van der Waals surface area contributed by atoms with Crippen molar-refractivity contribution in [3.63, 3.8) is 0 Å². The number of aromatic nitrogens is 3. The Morgan fingerprint density at radius 1 is 1.44 bits per heavy atom. The van der Waals surface area contributed by atoms with E-state index in [-0.39, 0.29) is 11.5 Å². The average Bonchev–Trinajstić information content (AvgIpc) is 2.61. The average molecular weight is 224 g/mol. The van der Waals surface area contributed by atoms with Gasteiger partial charge in [-0.25, -0.2) is 4.68 Å². The molecule has 0 radical (unpaired) electrons. The highest BCUT2D eigenvalue weighted by Gasteiger charge is 2.28. The van der Waals surface area contributed by atoms with Gasteiger partial charge in [0.15, 0.2) is 5.82 Å². The van der Waals surface area contributed by atoms with Gasteiger partial charge in [0, 0.05) is 12.0 Å². The highest BCUT2D eigenvalue weighted by Crippen LogP contribution is 2.30. The summed E-state index contributed by atoms with van der Waals surface area (Å²) in [6.45, 7) is 7.95. The maximum atomic E-state index is 5.90. The van der Waals surface area contributed by atoms with Gasteiger partial charge < -0.3 is 10.5 Å². The van der Waals surface area contributed by atoms with Crippen LogP contribution in [-0.2, 0) is 10.2 Å². The minimum Gasteiger partial charge on any atom is -0.381 e. The van der Waals surface area contributed by atoms with E-state index in [1.54, 1.807) is 0 Å². The van der Waals surface area contributed by atoms with E-state index in [0.29, 0.717) is 12.4 Å². The highest BCUT2D eigenvalue weighted by atomic mass is 16.5. The predicted molar refractivity (Wildman–Crippen MR) is 62.2 cm³/mol. The normalized spacial score (nSPS) is 22.3. The summed E-state index contributed by atoms with van der Waals surface area (Å²) in [5.41, 5.74) is 6.88. The molecular weight excluding hydrogens is 204 g/mol. The number of ether oxygens (including phenoxy) is 1. The van der Waals surface area contributed by atoms with Crippen LogP contribution in [0.5, 0.6) is 0 Å². The van der Waals surface area contributed by atoms with Crippen LogP contribution < -0.4 is 5.73 Å². The lowest BCUT2D eigenvalue weighted by Crippen LogP contribution is -2.28. The van der Waals surface area contributed by atoms with Crippen molar-refractivity contribution in [3.8, 4) is 0 Å². The van der Waals surface area contributed by atoms with Crippen LogP contribution in [0.15, 0.2) is 0 Å². The molecule has 90 valence electrons. The van der Waals surface area contributed by atoms with E-state index in [9.17, 15) is 0 Å². The van der Waals surface area contributed by atoms with Gasteiger partial charge in [-0.2, -0.15) is 0 Å². The van der Waals surface area contributed by atoms with E-state index in [2.05, 4.69) is 31.1 Å². The Labute approximate surface area is 96.0 Å². The molecule has 0 aromatic carbocycles. The minimum atomic E-state index is -0.0367. The zero-order chi connectivity index (χ0) is 11.8. The second kappa shape index (κ2) is 4.05. The first kappa shape index (κ1) is 11.4. The van der Waals surface area contributed by atoms with Crippen LogP contribution >= 0.6 is 0 Å². The summed E-state index contributed by atoms with van der Waals surface area (Å²) in [6, 6.07) is 0.285. The van der Waals surface area contributed by atoms with Crippen molar-refractivity contribution in [2.24, 2.45) is 0 Å². The monoisotopic (exact) mass is 224 g/mol. The van der Waals surface area contributed by atoms with E-state index >= 15 is 0 Å². The quantitative estimate of drug-likeness (QED) is 0.785. The molecule has 0 spiro atoms. The third kappa shape index (κ3) is 2.04. The maximum Gasteiger partial charge on any atom is 0.169 e. The molecule has 1 saturated heterocycles. The molecule has 2 heterocycles. The van der Waals surface area contributed by atoms with Crippen LogP contribution in [0.1, 0.15) is 45.3 Å². The Hall–Kier alpha value is -1.10. The summed E-state index contributed by atoms with van der Waals surface area (Å²) in [4.78, 5) is 0. The van der Waals surface area contributed by atoms with Gasteiger partial charge in [-0.1, -0.05) is 26.0 Å². The molecule has 2 rings (SSSR count). The number of hydrogen-bond donors (Lipinski definition) is 1. The molecule has 1 aliphatic heterocycles. The van der Waals surface area contributed by atoms with Crippen LogP contribution in [-0.4, -0.2) is 28.2 Å². The van der Waals surface area contributed by atoms with E-state index in [1.807, 2.05) is 4.68 Å². The number of nitrogens with zero attached hydrogens (tertiary/aromatic N) is 3. The molecule has 2 N–H and O–H groups in total. The summed E-state index contributed by atoms with van der Waals surface area (Å²) < 4.78 is 7.44. The molecule has 1 aliphatic rings. The van der Waals surface area contributed by atoms with Crippen molar-refractivity contribution in [2.75, 3.05) is 18.9 Å². The van der Waals surface area contributed by atoms with Crippen LogP contribution in [0, 0.1) is 0 Å². The zero-order valence-electron chi connectivity index (χ0n) is 10.2. The summed E-state index contributed by atoms with van der Waals surface area (Å²) in [6.07, 6.45) is 2.17. The largest absolute Gasteiger partial charge is 0.381 e. The van der Waals surface area contributed by atoms with Crippen LogP contribution in [0.25, 0.3) is 0 Å². The van der Waals surface area contributed by atoms with E-state index < -0.39 is 0 Å². The van der Waals surface area contributed by atoms with Crippen LogP contribution in [0.3, 0.4) is 0 Å². The first-order chi connectivity index (χ1) is 7.50. The lowest BCUT2D eigenvalue weighted by atomic mass is 9.91. The molecule has 1 aromatic rings. The molecular formula is C11H20N4O. The molecule has 0 aliphatic carbocycles. The summed E-state index contributed by atoms with van der Waals surface area (Å²) in [7, 11) is 0. The van der Waals surface area contributed by atoms with Gasteiger partial charge >= 0.3 is 0 Å². The maximum absolute atomic E-state index is 5.90. The first-order valence-corrected chi connectivity index (χ1v) is 5.79. The summed E-state index contributed by atoms with van der Waals surface area (Å²) in [5, 5.41) is 8.16. The molecule has 0 amide bonds. The van der Waals surface area contributed by atoms with Gasteiger partial charge in [-0.3, -0.25) is 0 Å². The number of hydrogen-bond acceptors (Lipinski definition) is 4. The highest BCUT2D eigenvalue weighted by molar-refractivity contribution is 5.38. The van der Waals surface area contributed by atoms with Crippen molar-refractivity contribution >= 4 is 5.82 Å². The smallest absolute Gasteiger partial charge is 0.169 e. The first-order valence-electron chi connectivity index (χ1n) is 5.79. The molecule has 1 unspecified atom stereocenters. The Kier molecular flexibility index (Phi) is 2.88. The summed E-state index contributed by atoms with van der Waals surface area (Å²) >= 11 is 0.